The predicted molar refractivity (Wildman–Crippen MR) is 57.9 cm³/mol. The molecule has 3 heteroatoms. The first-order valence-corrected chi connectivity index (χ1v) is 6.84. The van der Waals surface area contributed by atoms with Gasteiger partial charge in [0.15, 0.2) is 0 Å². The summed E-state index contributed by atoms with van der Waals surface area (Å²) in [5, 5.41) is 0. The molecule has 75 valence electrons. The van der Waals surface area contributed by atoms with Crippen molar-refractivity contribution in [3.8, 4) is 0 Å². The summed E-state index contributed by atoms with van der Waals surface area (Å²) in [7, 11) is 0. The number of rotatable bonds is 0. The Bertz CT molecular complexity index is 141. The molecule has 0 aromatic heterocycles. The van der Waals surface area contributed by atoms with E-state index >= 15 is 0 Å². The first kappa shape index (κ1) is 11.8. The van der Waals surface area contributed by atoms with E-state index in [9.17, 15) is 0 Å². The number of fused-ring (bicyclic) bond motifs is 1. The summed E-state index contributed by atoms with van der Waals surface area (Å²) < 4.78 is 2.57. The average Bonchev–Trinajstić information content (AvgIpc) is 2.50. The monoisotopic (exact) mass is 289 g/mol. The van der Waals surface area contributed by atoms with E-state index in [-0.39, 0.29) is 0 Å². The van der Waals surface area contributed by atoms with Crippen LogP contribution in [0, 0.1) is 0 Å². The van der Waals surface area contributed by atoms with E-state index in [1.165, 1.54) is 45.4 Å². The second-order valence-electron chi connectivity index (χ2n) is 3.63. The van der Waals surface area contributed by atoms with Crippen LogP contribution in [0.4, 0.5) is 0 Å². The number of hydrogen-bond donors (Lipinski definition) is 0. The molecule has 13 heavy (non-hydrogen) atoms. The van der Waals surface area contributed by atoms with Crippen LogP contribution in [0.3, 0.4) is 0 Å². The second kappa shape index (κ2) is 6.25. The van der Waals surface area contributed by atoms with Gasteiger partial charge < -0.3 is 0 Å². The van der Waals surface area contributed by atoms with Gasteiger partial charge in [-0.2, -0.15) is 0 Å². The third-order valence-corrected chi connectivity index (χ3v) is 3.96. The van der Waals surface area contributed by atoms with E-state index in [1.54, 1.807) is 22.8 Å². The molecule has 0 N–H and O–H groups in total. The topological polar surface area (TPSA) is 6.48 Å². The van der Waals surface area contributed by atoms with Crippen LogP contribution < -0.4 is 0 Å². The summed E-state index contributed by atoms with van der Waals surface area (Å²) in [6.45, 7) is 9.41. The van der Waals surface area contributed by atoms with E-state index < -0.39 is 0 Å². The fraction of sp³-hybridized carbons (Fsp3) is 1.00. The summed E-state index contributed by atoms with van der Waals surface area (Å²) >= 11 is 1.61. The Morgan fingerprint density at radius 1 is 1.08 bits per heavy atom. The zero-order valence-electron chi connectivity index (χ0n) is 8.92. The average molecular weight is 288 g/mol. The molecule has 0 bridgehead atoms. The summed E-state index contributed by atoms with van der Waals surface area (Å²) in [6, 6.07) is 0.914. The van der Waals surface area contributed by atoms with Gasteiger partial charge in [0.05, 0.1) is 0 Å². The Morgan fingerprint density at radius 2 is 1.77 bits per heavy atom. The molecule has 0 saturated carbocycles. The van der Waals surface area contributed by atoms with Crippen molar-refractivity contribution in [2.75, 3.05) is 26.2 Å². The molecule has 0 spiro atoms. The van der Waals surface area contributed by atoms with Crippen LogP contribution in [0.1, 0.15) is 33.1 Å². The van der Waals surface area contributed by atoms with Crippen LogP contribution in [0.2, 0.25) is 0 Å². The summed E-state index contributed by atoms with van der Waals surface area (Å²) in [6.07, 6.45) is 4.28. The van der Waals surface area contributed by atoms with Crippen LogP contribution in [0.25, 0.3) is 0 Å². The molecule has 3 radical (unpaired) electrons. The van der Waals surface area contributed by atoms with Crippen LogP contribution >= 0.6 is 0 Å². The van der Waals surface area contributed by atoms with Gasteiger partial charge in [-0.3, -0.25) is 0 Å². The van der Waals surface area contributed by atoms with Crippen molar-refractivity contribution in [3.05, 3.63) is 0 Å². The van der Waals surface area contributed by atoms with Gasteiger partial charge in [0.2, 0.25) is 0 Å². The van der Waals surface area contributed by atoms with Crippen molar-refractivity contribution >= 4 is 22.8 Å². The van der Waals surface area contributed by atoms with E-state index in [0.29, 0.717) is 0 Å². The van der Waals surface area contributed by atoms with Crippen molar-refractivity contribution in [1.82, 2.24) is 8.02 Å². The third-order valence-electron chi connectivity index (χ3n) is 2.80. The molecular weight excluding hydrogens is 267 g/mol. The van der Waals surface area contributed by atoms with Gasteiger partial charge in [0, 0.05) is 0 Å². The van der Waals surface area contributed by atoms with Gasteiger partial charge in [-0.15, -0.1) is 0 Å². The minimum atomic E-state index is 0.914. The molecule has 0 aromatic rings. The first-order chi connectivity index (χ1) is 6.36. The maximum absolute atomic E-state index is 2.68. The molecule has 2 heterocycles. The molecule has 2 rings (SSSR count). The molecule has 1 atom stereocenters. The zero-order valence-corrected chi connectivity index (χ0v) is 11.8. The Balaban J connectivity index is 0.000000396. The quantitative estimate of drug-likeness (QED) is 0.619. The molecule has 2 aliphatic rings. The van der Waals surface area contributed by atoms with Crippen LogP contribution in [-0.2, 0) is 0 Å². The van der Waals surface area contributed by atoms with Gasteiger partial charge in [0.25, 0.3) is 0 Å². The molecule has 0 amide bonds. The number of hydrogen-bond acceptors (Lipinski definition) is 2. The van der Waals surface area contributed by atoms with Crippen molar-refractivity contribution < 1.29 is 0 Å². The second-order valence-corrected chi connectivity index (χ2v) is 5.44. The molecular formula is C10H21N2Sn. The summed E-state index contributed by atoms with van der Waals surface area (Å²) in [5.41, 5.74) is 0. The Hall–Kier alpha value is 0.719. The van der Waals surface area contributed by atoms with Crippen molar-refractivity contribution in [1.29, 1.82) is 0 Å². The Morgan fingerprint density at radius 3 is 2.54 bits per heavy atom. The van der Waals surface area contributed by atoms with Gasteiger partial charge in [-0.1, -0.05) is 13.8 Å². The maximum atomic E-state index is 2.68. The fourth-order valence-corrected chi connectivity index (χ4v) is 3.26. The van der Waals surface area contributed by atoms with E-state index in [1.807, 2.05) is 13.8 Å². The van der Waals surface area contributed by atoms with Gasteiger partial charge in [0.1, 0.15) is 0 Å². The predicted octanol–water partition coefficient (Wildman–Crippen LogP) is 1.27. The fourth-order valence-electron chi connectivity index (χ4n) is 2.21. The zero-order chi connectivity index (χ0) is 9.68. The molecule has 1 unspecified atom stereocenters. The van der Waals surface area contributed by atoms with E-state index in [2.05, 4.69) is 8.02 Å². The van der Waals surface area contributed by atoms with Gasteiger partial charge in [-0.25, -0.2) is 0 Å². The van der Waals surface area contributed by atoms with Crippen LogP contribution in [0.5, 0.6) is 0 Å². The van der Waals surface area contributed by atoms with E-state index in [0.717, 1.165) is 6.04 Å². The standard InChI is InChI=1S/C8H15N2.C2H6.Sn/c1-3-8-7-9-4-2-6-10(8)5-1;1-2;/h8H,1-7H2;1-2H3;/q-1;;+1. The van der Waals surface area contributed by atoms with Crippen molar-refractivity contribution in [2.24, 2.45) is 0 Å². The Kier molecular flexibility index (Phi) is 5.67. The first-order valence-electron chi connectivity index (χ1n) is 5.56. The molecule has 2 aliphatic heterocycles. The SMILES string of the molecule is CC.[Sn][N]1CCCN2CCCC2C1. The van der Waals surface area contributed by atoms with Gasteiger partial charge in [-0.05, 0) is 0 Å². The number of nitrogens with zero attached hydrogens (tertiary/aromatic N) is 2. The molecule has 2 fully saturated rings. The normalized spacial score (nSPS) is 30.2. The minimum absolute atomic E-state index is 0.914. The van der Waals surface area contributed by atoms with Crippen LogP contribution in [0.15, 0.2) is 0 Å². The van der Waals surface area contributed by atoms with Crippen molar-refractivity contribution in [2.45, 2.75) is 39.2 Å². The summed E-state index contributed by atoms with van der Waals surface area (Å²) in [5.74, 6) is 0. The summed E-state index contributed by atoms with van der Waals surface area (Å²) in [4.78, 5) is 2.68. The Labute approximate surface area is 96.1 Å². The van der Waals surface area contributed by atoms with Gasteiger partial charge >= 0.3 is 82.3 Å². The molecule has 2 nitrogen and oxygen atoms in total. The third kappa shape index (κ3) is 3.40. The molecule has 2 saturated heterocycles. The van der Waals surface area contributed by atoms with Crippen molar-refractivity contribution in [3.63, 3.8) is 0 Å². The van der Waals surface area contributed by atoms with E-state index in [4.69, 9.17) is 0 Å². The molecule has 0 aliphatic carbocycles. The van der Waals surface area contributed by atoms with Crippen LogP contribution in [-0.4, -0.2) is 63.0 Å². The molecule has 0 aromatic carbocycles.